The number of nitrogens with zero attached hydrogens (tertiary/aromatic N) is 4. The number of aliphatic hydroxyl groups excluding tert-OH is 1. The number of aliphatic hydroxyl groups is 1. The number of fused-ring (bicyclic) bond motifs is 2. The molecule has 0 unspecified atom stereocenters. The van der Waals surface area contributed by atoms with Crippen molar-refractivity contribution in [3.63, 3.8) is 0 Å². The molecule has 0 aliphatic carbocycles. The van der Waals surface area contributed by atoms with Gasteiger partial charge in [-0.25, -0.2) is 4.98 Å². The van der Waals surface area contributed by atoms with Crippen LogP contribution in [0.25, 0.3) is 11.0 Å². The highest BCUT2D eigenvalue weighted by Crippen LogP contribution is 2.43. The molecule has 2 saturated heterocycles. The Bertz CT molecular complexity index is 673. The average molecular weight is 292 g/mol. The van der Waals surface area contributed by atoms with Crippen molar-refractivity contribution >= 4 is 11.0 Å². The SMILES string of the molecule is CC1(C)O[C@@H]2[C@H](O1)[C@@H](CO)O[C@H]2n1cnc2cnncc21. The molecule has 0 radical (unpaired) electrons. The van der Waals surface area contributed by atoms with Crippen molar-refractivity contribution in [2.75, 3.05) is 6.61 Å². The van der Waals surface area contributed by atoms with Gasteiger partial charge in [-0.1, -0.05) is 0 Å². The Hall–Kier alpha value is -1.61. The number of aromatic nitrogens is 4. The van der Waals surface area contributed by atoms with Gasteiger partial charge in [0, 0.05) is 0 Å². The lowest BCUT2D eigenvalue weighted by molar-refractivity contribution is -0.199. The topological polar surface area (TPSA) is 91.5 Å². The molecular formula is C13H16N4O4. The molecule has 1 N–H and O–H groups in total. The molecule has 0 spiro atoms. The summed E-state index contributed by atoms with van der Waals surface area (Å²) in [6.45, 7) is 3.59. The van der Waals surface area contributed by atoms with Crippen LogP contribution in [-0.4, -0.2) is 55.6 Å². The summed E-state index contributed by atoms with van der Waals surface area (Å²) >= 11 is 0. The van der Waals surface area contributed by atoms with Crippen LogP contribution in [0.15, 0.2) is 18.7 Å². The van der Waals surface area contributed by atoms with Crippen molar-refractivity contribution in [3.05, 3.63) is 18.7 Å². The zero-order valence-electron chi connectivity index (χ0n) is 11.7. The molecular weight excluding hydrogens is 276 g/mol. The Morgan fingerprint density at radius 3 is 2.81 bits per heavy atom. The molecule has 4 rings (SSSR count). The van der Waals surface area contributed by atoms with Gasteiger partial charge in [-0.2, -0.15) is 10.2 Å². The van der Waals surface area contributed by atoms with Gasteiger partial charge in [-0.3, -0.25) is 4.57 Å². The monoisotopic (exact) mass is 292 g/mol. The zero-order chi connectivity index (χ0) is 14.6. The summed E-state index contributed by atoms with van der Waals surface area (Å²) in [5.74, 6) is -0.693. The second-order valence-electron chi connectivity index (χ2n) is 5.72. The highest BCUT2D eigenvalue weighted by atomic mass is 16.8. The van der Waals surface area contributed by atoms with Gasteiger partial charge in [0.1, 0.15) is 23.8 Å². The van der Waals surface area contributed by atoms with E-state index in [1.54, 1.807) is 18.7 Å². The molecule has 112 valence electrons. The predicted molar refractivity (Wildman–Crippen MR) is 70.1 cm³/mol. The zero-order valence-corrected chi connectivity index (χ0v) is 11.7. The van der Waals surface area contributed by atoms with E-state index in [0.29, 0.717) is 0 Å². The van der Waals surface area contributed by atoms with Crippen molar-refractivity contribution in [1.29, 1.82) is 0 Å². The van der Waals surface area contributed by atoms with Crippen LogP contribution < -0.4 is 0 Å². The smallest absolute Gasteiger partial charge is 0.165 e. The largest absolute Gasteiger partial charge is 0.394 e. The Morgan fingerprint density at radius 1 is 1.24 bits per heavy atom. The molecule has 21 heavy (non-hydrogen) atoms. The highest BCUT2D eigenvalue weighted by Gasteiger charge is 2.55. The minimum atomic E-state index is -0.693. The van der Waals surface area contributed by atoms with Crippen molar-refractivity contribution in [2.45, 2.75) is 44.2 Å². The van der Waals surface area contributed by atoms with Gasteiger partial charge in [0.05, 0.1) is 30.8 Å². The normalized spacial score (nSPS) is 34.4. The van der Waals surface area contributed by atoms with Crippen LogP contribution in [0.3, 0.4) is 0 Å². The molecule has 0 bridgehead atoms. The second-order valence-corrected chi connectivity index (χ2v) is 5.72. The summed E-state index contributed by atoms with van der Waals surface area (Å²) in [5.41, 5.74) is 1.54. The van der Waals surface area contributed by atoms with E-state index in [4.69, 9.17) is 14.2 Å². The van der Waals surface area contributed by atoms with E-state index in [1.807, 2.05) is 18.4 Å². The number of rotatable bonds is 2. The lowest BCUT2D eigenvalue weighted by Gasteiger charge is -2.24. The van der Waals surface area contributed by atoms with E-state index in [2.05, 4.69) is 15.2 Å². The number of imidazole rings is 1. The molecule has 2 fully saturated rings. The van der Waals surface area contributed by atoms with Crippen molar-refractivity contribution in [1.82, 2.24) is 19.7 Å². The van der Waals surface area contributed by atoms with E-state index in [0.717, 1.165) is 11.0 Å². The highest BCUT2D eigenvalue weighted by molar-refractivity contribution is 5.72. The van der Waals surface area contributed by atoms with Crippen LogP contribution in [0.4, 0.5) is 0 Å². The number of ether oxygens (including phenoxy) is 3. The second kappa shape index (κ2) is 4.44. The summed E-state index contributed by atoms with van der Waals surface area (Å²) in [5, 5.41) is 17.2. The summed E-state index contributed by atoms with van der Waals surface area (Å²) < 4.78 is 19.5. The van der Waals surface area contributed by atoms with Crippen molar-refractivity contribution < 1.29 is 19.3 Å². The maximum atomic E-state index is 9.50. The third-order valence-electron chi connectivity index (χ3n) is 3.87. The third-order valence-corrected chi connectivity index (χ3v) is 3.87. The van der Waals surface area contributed by atoms with Crippen LogP contribution in [-0.2, 0) is 14.2 Å². The van der Waals surface area contributed by atoms with Crippen LogP contribution >= 0.6 is 0 Å². The van der Waals surface area contributed by atoms with E-state index < -0.39 is 18.1 Å². The van der Waals surface area contributed by atoms with Gasteiger partial charge >= 0.3 is 0 Å². The molecule has 2 aromatic heterocycles. The molecule has 4 heterocycles. The summed E-state index contributed by atoms with van der Waals surface area (Å²) in [4.78, 5) is 4.29. The minimum absolute atomic E-state index is 0.121. The van der Waals surface area contributed by atoms with Gasteiger partial charge in [0.15, 0.2) is 12.0 Å². The van der Waals surface area contributed by atoms with Gasteiger partial charge in [-0.05, 0) is 13.8 Å². The van der Waals surface area contributed by atoms with E-state index in [1.165, 1.54) is 0 Å². The molecule has 2 aliphatic heterocycles. The third kappa shape index (κ3) is 1.95. The van der Waals surface area contributed by atoms with Gasteiger partial charge in [-0.15, -0.1) is 0 Å². The van der Waals surface area contributed by atoms with Crippen LogP contribution in [0.2, 0.25) is 0 Å². The van der Waals surface area contributed by atoms with Crippen LogP contribution in [0.5, 0.6) is 0 Å². The van der Waals surface area contributed by atoms with Gasteiger partial charge < -0.3 is 19.3 Å². The average Bonchev–Trinajstić information content (AvgIpc) is 3.09. The maximum absolute atomic E-state index is 9.50. The minimum Gasteiger partial charge on any atom is -0.394 e. The quantitative estimate of drug-likeness (QED) is 0.847. The Labute approximate surface area is 120 Å². The van der Waals surface area contributed by atoms with Crippen LogP contribution in [0.1, 0.15) is 20.1 Å². The summed E-state index contributed by atoms with van der Waals surface area (Å²) in [7, 11) is 0. The molecule has 8 nitrogen and oxygen atoms in total. The molecule has 4 atom stereocenters. The Balaban J connectivity index is 1.75. The molecule has 0 saturated carbocycles. The number of hydrogen-bond acceptors (Lipinski definition) is 7. The fourth-order valence-corrected chi connectivity index (χ4v) is 3.03. The molecule has 0 amide bonds. The first kappa shape index (κ1) is 13.1. The lowest BCUT2D eigenvalue weighted by Crippen LogP contribution is -2.31. The molecule has 0 aromatic carbocycles. The van der Waals surface area contributed by atoms with E-state index in [-0.39, 0.29) is 18.8 Å². The Morgan fingerprint density at radius 2 is 2.00 bits per heavy atom. The molecule has 2 aliphatic rings. The standard InChI is InChI=1S/C13H16N4O4/c1-13(2)20-10-9(5-18)19-12(11(10)21-13)17-6-14-7-3-15-16-4-8(7)17/h3-4,6,9-12,18H,5H2,1-2H3/t9-,10-,11-,12-/m1/s1. The fourth-order valence-electron chi connectivity index (χ4n) is 3.03. The summed E-state index contributed by atoms with van der Waals surface area (Å²) in [6.07, 6.45) is 3.46. The lowest BCUT2D eigenvalue weighted by atomic mass is 10.1. The molecule has 8 heteroatoms. The van der Waals surface area contributed by atoms with E-state index >= 15 is 0 Å². The first-order valence-electron chi connectivity index (χ1n) is 6.84. The number of hydrogen-bond donors (Lipinski definition) is 1. The van der Waals surface area contributed by atoms with Crippen molar-refractivity contribution in [3.8, 4) is 0 Å². The predicted octanol–water partition coefficient (Wildman–Crippen LogP) is 0.236. The summed E-state index contributed by atoms with van der Waals surface area (Å²) in [6, 6.07) is 0. The van der Waals surface area contributed by atoms with Crippen molar-refractivity contribution in [2.24, 2.45) is 0 Å². The maximum Gasteiger partial charge on any atom is 0.165 e. The fraction of sp³-hybridized carbons (Fsp3) is 0.615. The van der Waals surface area contributed by atoms with Gasteiger partial charge in [0.25, 0.3) is 0 Å². The van der Waals surface area contributed by atoms with E-state index in [9.17, 15) is 5.11 Å². The first-order valence-corrected chi connectivity index (χ1v) is 6.84. The van der Waals surface area contributed by atoms with Crippen LogP contribution in [0, 0.1) is 0 Å². The first-order chi connectivity index (χ1) is 10.1. The Kier molecular flexibility index (Phi) is 2.77. The molecule has 2 aromatic rings. The van der Waals surface area contributed by atoms with Gasteiger partial charge in [0.2, 0.25) is 0 Å².